The number of aromatic hydroxyl groups is 1. The molecule has 3 heteroatoms. The second kappa shape index (κ2) is 5.41. The number of hydrogen-bond donors (Lipinski definition) is 2. The van der Waals surface area contributed by atoms with Crippen molar-refractivity contribution in [3.63, 3.8) is 0 Å². The van der Waals surface area contributed by atoms with E-state index in [2.05, 4.69) is 24.8 Å². The van der Waals surface area contributed by atoms with Crippen LogP contribution in [0.3, 0.4) is 0 Å². The van der Waals surface area contributed by atoms with Crippen molar-refractivity contribution in [1.29, 1.82) is 0 Å². The van der Waals surface area contributed by atoms with Gasteiger partial charge in [0.1, 0.15) is 5.75 Å². The molecule has 1 unspecified atom stereocenters. The summed E-state index contributed by atoms with van der Waals surface area (Å²) in [5, 5.41) is 10.1. The Balaban J connectivity index is 2.18. The van der Waals surface area contributed by atoms with Crippen LogP contribution in [0.2, 0.25) is 0 Å². The van der Waals surface area contributed by atoms with Crippen molar-refractivity contribution in [2.75, 3.05) is 18.0 Å². The van der Waals surface area contributed by atoms with Crippen molar-refractivity contribution in [3.05, 3.63) is 23.8 Å². The van der Waals surface area contributed by atoms with Gasteiger partial charge in [-0.3, -0.25) is 0 Å². The zero-order valence-corrected chi connectivity index (χ0v) is 12.3. The molecule has 0 aliphatic carbocycles. The Hall–Kier alpha value is -1.22. The normalized spacial score (nSPS) is 19.7. The maximum atomic E-state index is 10.1. The SMILES string of the molecule is CCC1(CC)CCN(c2ccc(C(C)N)c(O)c2)C1. The van der Waals surface area contributed by atoms with Crippen molar-refractivity contribution in [3.8, 4) is 5.75 Å². The van der Waals surface area contributed by atoms with Gasteiger partial charge in [0.25, 0.3) is 0 Å². The molecule has 0 bridgehead atoms. The Morgan fingerprint density at radius 1 is 1.37 bits per heavy atom. The maximum absolute atomic E-state index is 10.1. The molecule has 1 fully saturated rings. The van der Waals surface area contributed by atoms with Crippen LogP contribution in [0.4, 0.5) is 5.69 Å². The molecule has 0 radical (unpaired) electrons. The molecule has 0 saturated carbocycles. The lowest BCUT2D eigenvalue weighted by molar-refractivity contribution is 0.301. The maximum Gasteiger partial charge on any atom is 0.122 e. The summed E-state index contributed by atoms with van der Waals surface area (Å²) in [5.74, 6) is 0.318. The molecule has 1 aliphatic heterocycles. The first-order valence-electron chi connectivity index (χ1n) is 7.35. The summed E-state index contributed by atoms with van der Waals surface area (Å²) in [6.07, 6.45) is 3.70. The number of rotatable bonds is 4. The van der Waals surface area contributed by atoms with Gasteiger partial charge >= 0.3 is 0 Å². The highest BCUT2D eigenvalue weighted by Gasteiger charge is 2.35. The van der Waals surface area contributed by atoms with Gasteiger partial charge in [-0.05, 0) is 37.7 Å². The quantitative estimate of drug-likeness (QED) is 0.874. The molecule has 19 heavy (non-hydrogen) atoms. The molecule has 1 aromatic rings. The van der Waals surface area contributed by atoms with E-state index in [0.717, 1.165) is 24.3 Å². The number of benzene rings is 1. The second-order valence-corrected chi connectivity index (χ2v) is 5.91. The van der Waals surface area contributed by atoms with Crippen molar-refractivity contribution in [1.82, 2.24) is 0 Å². The standard InChI is InChI=1S/C16H26N2O/c1-4-16(5-2)8-9-18(11-16)13-6-7-14(12(3)17)15(19)10-13/h6-7,10,12,19H,4-5,8-9,11,17H2,1-3H3. The molecular formula is C16H26N2O. The van der Waals surface area contributed by atoms with E-state index in [1.165, 1.54) is 19.3 Å². The summed E-state index contributed by atoms with van der Waals surface area (Å²) < 4.78 is 0. The van der Waals surface area contributed by atoms with Crippen LogP contribution < -0.4 is 10.6 Å². The van der Waals surface area contributed by atoms with Gasteiger partial charge in [0.2, 0.25) is 0 Å². The fraction of sp³-hybridized carbons (Fsp3) is 0.625. The molecule has 0 aromatic heterocycles. The molecule has 0 amide bonds. The zero-order valence-electron chi connectivity index (χ0n) is 12.3. The van der Waals surface area contributed by atoms with Gasteiger partial charge in [-0.1, -0.05) is 19.9 Å². The zero-order chi connectivity index (χ0) is 14.0. The Kier molecular flexibility index (Phi) is 4.04. The smallest absolute Gasteiger partial charge is 0.122 e. The van der Waals surface area contributed by atoms with Crippen molar-refractivity contribution in [2.24, 2.45) is 11.1 Å². The first-order chi connectivity index (χ1) is 9.01. The van der Waals surface area contributed by atoms with E-state index in [-0.39, 0.29) is 6.04 Å². The number of phenolic OH excluding ortho intramolecular Hbond substituents is 1. The molecular weight excluding hydrogens is 236 g/mol. The van der Waals surface area contributed by atoms with Crippen LogP contribution in [0.1, 0.15) is 51.6 Å². The van der Waals surface area contributed by atoms with Gasteiger partial charge in [-0.2, -0.15) is 0 Å². The highest BCUT2D eigenvalue weighted by molar-refractivity contribution is 5.54. The van der Waals surface area contributed by atoms with Gasteiger partial charge in [-0.15, -0.1) is 0 Å². The van der Waals surface area contributed by atoms with Crippen LogP contribution in [0, 0.1) is 5.41 Å². The summed E-state index contributed by atoms with van der Waals surface area (Å²) in [6.45, 7) is 8.63. The van der Waals surface area contributed by atoms with E-state index in [1.807, 2.05) is 19.1 Å². The summed E-state index contributed by atoms with van der Waals surface area (Å²) >= 11 is 0. The fourth-order valence-corrected chi connectivity index (χ4v) is 3.10. The third-order valence-electron chi connectivity index (χ3n) is 4.81. The van der Waals surface area contributed by atoms with E-state index in [1.54, 1.807) is 0 Å². The molecule has 1 heterocycles. The molecule has 3 N–H and O–H groups in total. The van der Waals surface area contributed by atoms with Gasteiger partial charge < -0.3 is 15.7 Å². The monoisotopic (exact) mass is 262 g/mol. The van der Waals surface area contributed by atoms with Gasteiger partial charge in [0.15, 0.2) is 0 Å². The van der Waals surface area contributed by atoms with Gasteiger partial charge in [0, 0.05) is 36.4 Å². The van der Waals surface area contributed by atoms with E-state index in [9.17, 15) is 5.11 Å². The summed E-state index contributed by atoms with van der Waals surface area (Å²) in [4.78, 5) is 2.39. The number of nitrogens with two attached hydrogens (primary N) is 1. The topological polar surface area (TPSA) is 49.5 Å². The molecule has 1 aromatic carbocycles. The third kappa shape index (κ3) is 2.71. The first kappa shape index (κ1) is 14.2. The lowest BCUT2D eigenvalue weighted by atomic mass is 9.82. The first-order valence-corrected chi connectivity index (χ1v) is 7.35. The van der Waals surface area contributed by atoms with E-state index in [0.29, 0.717) is 11.2 Å². The van der Waals surface area contributed by atoms with Crippen LogP contribution in [-0.4, -0.2) is 18.2 Å². The molecule has 1 aliphatic rings. The van der Waals surface area contributed by atoms with Crippen LogP contribution >= 0.6 is 0 Å². The number of phenols is 1. The summed E-state index contributed by atoms with van der Waals surface area (Å²) in [7, 11) is 0. The third-order valence-corrected chi connectivity index (χ3v) is 4.81. The van der Waals surface area contributed by atoms with Crippen LogP contribution in [0.5, 0.6) is 5.75 Å². The number of hydrogen-bond acceptors (Lipinski definition) is 3. The molecule has 3 nitrogen and oxygen atoms in total. The Morgan fingerprint density at radius 2 is 2.05 bits per heavy atom. The summed E-state index contributed by atoms with van der Waals surface area (Å²) in [6, 6.07) is 5.77. The molecule has 1 saturated heterocycles. The van der Waals surface area contributed by atoms with E-state index >= 15 is 0 Å². The Labute approximate surface area is 116 Å². The van der Waals surface area contributed by atoms with Crippen LogP contribution in [0.25, 0.3) is 0 Å². The fourth-order valence-electron chi connectivity index (χ4n) is 3.10. The van der Waals surface area contributed by atoms with Crippen LogP contribution in [0.15, 0.2) is 18.2 Å². The second-order valence-electron chi connectivity index (χ2n) is 5.91. The number of anilines is 1. The summed E-state index contributed by atoms with van der Waals surface area (Å²) in [5.41, 5.74) is 8.22. The van der Waals surface area contributed by atoms with E-state index in [4.69, 9.17) is 5.73 Å². The van der Waals surface area contributed by atoms with Crippen molar-refractivity contribution >= 4 is 5.69 Å². The lowest BCUT2D eigenvalue weighted by Gasteiger charge is -2.27. The van der Waals surface area contributed by atoms with Gasteiger partial charge in [-0.25, -0.2) is 0 Å². The molecule has 2 rings (SSSR count). The average molecular weight is 262 g/mol. The average Bonchev–Trinajstić information content (AvgIpc) is 2.83. The predicted molar refractivity (Wildman–Crippen MR) is 80.6 cm³/mol. The minimum Gasteiger partial charge on any atom is -0.508 e. The largest absolute Gasteiger partial charge is 0.508 e. The number of nitrogens with zero attached hydrogens (tertiary/aromatic N) is 1. The van der Waals surface area contributed by atoms with E-state index < -0.39 is 0 Å². The van der Waals surface area contributed by atoms with Crippen LogP contribution in [-0.2, 0) is 0 Å². The van der Waals surface area contributed by atoms with Crippen molar-refractivity contribution < 1.29 is 5.11 Å². The molecule has 106 valence electrons. The molecule has 1 atom stereocenters. The van der Waals surface area contributed by atoms with Crippen molar-refractivity contribution in [2.45, 2.75) is 46.1 Å². The Bertz CT molecular complexity index is 438. The Morgan fingerprint density at radius 3 is 2.53 bits per heavy atom. The minimum absolute atomic E-state index is 0.127. The highest BCUT2D eigenvalue weighted by atomic mass is 16.3. The highest BCUT2D eigenvalue weighted by Crippen LogP contribution is 2.40. The predicted octanol–water partition coefficient (Wildman–Crippen LogP) is 3.43. The molecule has 0 spiro atoms. The minimum atomic E-state index is -0.127. The van der Waals surface area contributed by atoms with Gasteiger partial charge in [0.05, 0.1) is 0 Å². The lowest BCUT2D eigenvalue weighted by Crippen LogP contribution is -2.26.